The van der Waals surface area contributed by atoms with Gasteiger partial charge in [0.1, 0.15) is 5.75 Å². The molecule has 0 aliphatic carbocycles. The zero-order chi connectivity index (χ0) is 14.7. The number of nitrogens with zero attached hydrogens (tertiary/aromatic N) is 1. The highest BCUT2D eigenvalue weighted by Crippen LogP contribution is 2.28. The van der Waals surface area contributed by atoms with E-state index in [1.54, 1.807) is 18.4 Å². The Hall–Kier alpha value is -2.33. The molecule has 0 spiro atoms. The number of nitrogens with two attached hydrogens (primary N) is 1. The van der Waals surface area contributed by atoms with Crippen LogP contribution in [-0.4, -0.2) is 12.1 Å². The molecule has 3 aromatic rings. The predicted octanol–water partition coefficient (Wildman–Crippen LogP) is 3.99. The summed E-state index contributed by atoms with van der Waals surface area (Å²) in [6.07, 6.45) is 0.800. The number of hydrogen-bond donors (Lipinski definition) is 1. The van der Waals surface area contributed by atoms with Gasteiger partial charge in [0.2, 0.25) is 0 Å². The highest BCUT2D eigenvalue weighted by Gasteiger charge is 2.08. The molecule has 0 radical (unpaired) electrons. The lowest BCUT2D eigenvalue weighted by Gasteiger charge is -2.03. The Morgan fingerprint density at radius 1 is 1.14 bits per heavy atom. The summed E-state index contributed by atoms with van der Waals surface area (Å²) in [6.45, 7) is 0. The number of aromatic nitrogens is 1. The molecule has 2 N–H and O–H groups in total. The van der Waals surface area contributed by atoms with Crippen molar-refractivity contribution in [1.82, 2.24) is 4.98 Å². The molecular weight excluding hydrogens is 280 g/mol. The summed E-state index contributed by atoms with van der Waals surface area (Å²) in [5.41, 5.74) is 9.88. The first kappa shape index (κ1) is 13.6. The maximum Gasteiger partial charge on any atom is 0.119 e. The Kier molecular flexibility index (Phi) is 3.88. The molecule has 1 aromatic heterocycles. The van der Waals surface area contributed by atoms with Crippen LogP contribution in [0, 0.1) is 0 Å². The molecule has 0 saturated heterocycles. The second-order valence-corrected chi connectivity index (χ2v) is 5.68. The number of benzene rings is 2. The molecule has 1 heterocycles. The zero-order valence-electron chi connectivity index (χ0n) is 11.7. The van der Waals surface area contributed by atoms with Crippen LogP contribution in [0.15, 0.2) is 53.9 Å². The average molecular weight is 296 g/mol. The lowest BCUT2D eigenvalue weighted by Crippen LogP contribution is -1.91. The van der Waals surface area contributed by atoms with Gasteiger partial charge in [-0.3, -0.25) is 0 Å². The van der Waals surface area contributed by atoms with Crippen molar-refractivity contribution in [2.45, 2.75) is 6.42 Å². The first-order valence-corrected chi connectivity index (χ1v) is 7.56. The van der Waals surface area contributed by atoms with Crippen molar-refractivity contribution >= 4 is 17.0 Å². The number of hydrogen-bond acceptors (Lipinski definition) is 4. The Morgan fingerprint density at radius 3 is 2.81 bits per heavy atom. The van der Waals surface area contributed by atoms with E-state index in [4.69, 9.17) is 10.5 Å². The first-order valence-electron chi connectivity index (χ1n) is 6.68. The van der Waals surface area contributed by atoms with E-state index in [9.17, 15) is 0 Å². The Morgan fingerprint density at radius 2 is 2.00 bits per heavy atom. The number of methoxy groups -OCH3 is 1. The predicted molar refractivity (Wildman–Crippen MR) is 87.8 cm³/mol. The molecule has 0 amide bonds. The van der Waals surface area contributed by atoms with Crippen molar-refractivity contribution in [3.63, 3.8) is 0 Å². The van der Waals surface area contributed by atoms with E-state index in [1.165, 1.54) is 5.56 Å². The van der Waals surface area contributed by atoms with Crippen molar-refractivity contribution in [2.24, 2.45) is 0 Å². The molecule has 0 unspecified atom stereocenters. The molecular formula is C17H16N2OS. The van der Waals surface area contributed by atoms with Gasteiger partial charge in [-0.15, -0.1) is 11.3 Å². The molecule has 2 aromatic carbocycles. The van der Waals surface area contributed by atoms with Gasteiger partial charge in [-0.2, -0.15) is 0 Å². The second kappa shape index (κ2) is 5.97. The van der Waals surface area contributed by atoms with Gasteiger partial charge < -0.3 is 10.5 Å². The highest BCUT2D eigenvalue weighted by atomic mass is 32.1. The SMILES string of the molecule is COc1cccc(Cc2nc(-c3ccccc3N)cs2)c1. The fourth-order valence-corrected chi connectivity index (χ4v) is 3.03. The molecule has 0 fully saturated rings. The van der Waals surface area contributed by atoms with Crippen molar-refractivity contribution in [3.05, 3.63) is 64.5 Å². The molecule has 21 heavy (non-hydrogen) atoms. The van der Waals surface area contributed by atoms with E-state index in [0.717, 1.165) is 34.1 Å². The van der Waals surface area contributed by atoms with Crippen LogP contribution in [0.25, 0.3) is 11.3 Å². The van der Waals surface area contributed by atoms with Crippen LogP contribution in [-0.2, 0) is 6.42 Å². The number of nitrogen functional groups attached to an aromatic ring is 1. The Balaban J connectivity index is 1.84. The molecule has 3 rings (SSSR count). The maximum absolute atomic E-state index is 6.00. The van der Waals surface area contributed by atoms with Gasteiger partial charge in [0.25, 0.3) is 0 Å². The quantitative estimate of drug-likeness (QED) is 0.740. The fraction of sp³-hybridized carbons (Fsp3) is 0.118. The average Bonchev–Trinajstić information content (AvgIpc) is 2.96. The smallest absolute Gasteiger partial charge is 0.119 e. The Labute approximate surface area is 128 Å². The van der Waals surface area contributed by atoms with Gasteiger partial charge in [0.05, 0.1) is 17.8 Å². The van der Waals surface area contributed by atoms with Gasteiger partial charge in [0.15, 0.2) is 0 Å². The normalized spacial score (nSPS) is 10.5. The maximum atomic E-state index is 6.00. The van der Waals surface area contributed by atoms with Crippen LogP contribution in [0.5, 0.6) is 5.75 Å². The number of thiazole rings is 1. The van der Waals surface area contributed by atoms with Crippen LogP contribution in [0.3, 0.4) is 0 Å². The summed E-state index contributed by atoms with van der Waals surface area (Å²) in [6, 6.07) is 15.9. The van der Waals surface area contributed by atoms with Gasteiger partial charge >= 0.3 is 0 Å². The van der Waals surface area contributed by atoms with Crippen LogP contribution in [0.1, 0.15) is 10.6 Å². The van der Waals surface area contributed by atoms with E-state index in [1.807, 2.05) is 42.5 Å². The molecule has 0 saturated carbocycles. The summed E-state index contributed by atoms with van der Waals surface area (Å²) in [7, 11) is 1.68. The van der Waals surface area contributed by atoms with Gasteiger partial charge in [-0.05, 0) is 23.8 Å². The summed E-state index contributed by atoms with van der Waals surface area (Å²) in [5.74, 6) is 0.872. The minimum atomic E-state index is 0.760. The molecule has 0 aliphatic heterocycles. The van der Waals surface area contributed by atoms with Crippen LogP contribution >= 0.6 is 11.3 Å². The highest BCUT2D eigenvalue weighted by molar-refractivity contribution is 7.10. The molecule has 0 bridgehead atoms. The van der Waals surface area contributed by atoms with Crippen LogP contribution < -0.4 is 10.5 Å². The lowest BCUT2D eigenvalue weighted by atomic mass is 10.1. The van der Waals surface area contributed by atoms with E-state index < -0.39 is 0 Å². The summed E-state index contributed by atoms with van der Waals surface area (Å²) in [5, 5.41) is 3.13. The number of ether oxygens (including phenoxy) is 1. The monoisotopic (exact) mass is 296 g/mol. The summed E-state index contributed by atoms with van der Waals surface area (Å²) >= 11 is 1.65. The molecule has 0 atom stereocenters. The lowest BCUT2D eigenvalue weighted by molar-refractivity contribution is 0.414. The van der Waals surface area contributed by atoms with E-state index in [-0.39, 0.29) is 0 Å². The largest absolute Gasteiger partial charge is 0.497 e. The van der Waals surface area contributed by atoms with Gasteiger partial charge in [-0.25, -0.2) is 4.98 Å². The second-order valence-electron chi connectivity index (χ2n) is 4.74. The summed E-state index contributed by atoms with van der Waals surface area (Å²) < 4.78 is 5.25. The van der Waals surface area contributed by atoms with Crippen molar-refractivity contribution in [3.8, 4) is 17.0 Å². The van der Waals surface area contributed by atoms with E-state index >= 15 is 0 Å². The Bertz CT molecular complexity index is 752. The van der Waals surface area contributed by atoms with Gasteiger partial charge in [-0.1, -0.05) is 30.3 Å². The fourth-order valence-electron chi connectivity index (χ4n) is 2.20. The first-order chi connectivity index (χ1) is 10.3. The van der Waals surface area contributed by atoms with Crippen LogP contribution in [0.4, 0.5) is 5.69 Å². The number of rotatable bonds is 4. The third-order valence-electron chi connectivity index (χ3n) is 3.28. The molecule has 0 aliphatic rings. The van der Waals surface area contributed by atoms with Crippen molar-refractivity contribution < 1.29 is 4.74 Å². The molecule has 4 heteroatoms. The summed E-state index contributed by atoms with van der Waals surface area (Å²) in [4.78, 5) is 4.69. The van der Waals surface area contributed by atoms with Crippen molar-refractivity contribution in [1.29, 1.82) is 0 Å². The molecule has 3 nitrogen and oxygen atoms in total. The number of anilines is 1. The van der Waals surface area contributed by atoms with Crippen LogP contribution in [0.2, 0.25) is 0 Å². The van der Waals surface area contributed by atoms with E-state index in [0.29, 0.717) is 0 Å². The zero-order valence-corrected chi connectivity index (χ0v) is 12.6. The third-order valence-corrected chi connectivity index (χ3v) is 4.13. The molecule has 106 valence electrons. The standard InChI is InChI=1S/C17H16N2OS/c1-20-13-6-4-5-12(9-13)10-17-19-16(11-21-17)14-7-2-3-8-15(14)18/h2-9,11H,10,18H2,1H3. The third kappa shape index (κ3) is 3.06. The minimum absolute atomic E-state index is 0.760. The van der Waals surface area contributed by atoms with Gasteiger partial charge in [0, 0.05) is 23.1 Å². The minimum Gasteiger partial charge on any atom is -0.497 e. The topological polar surface area (TPSA) is 48.1 Å². The van der Waals surface area contributed by atoms with Crippen molar-refractivity contribution in [2.75, 3.05) is 12.8 Å². The van der Waals surface area contributed by atoms with E-state index in [2.05, 4.69) is 16.4 Å². The number of para-hydroxylation sites is 1.